The molecule has 17 heavy (non-hydrogen) atoms. The van der Waals surface area contributed by atoms with Crippen molar-refractivity contribution in [3.05, 3.63) is 29.3 Å². The fourth-order valence-corrected chi connectivity index (χ4v) is 2.81. The van der Waals surface area contributed by atoms with E-state index in [1.807, 2.05) is 0 Å². The van der Waals surface area contributed by atoms with E-state index >= 15 is 0 Å². The van der Waals surface area contributed by atoms with Gasteiger partial charge < -0.3 is 10.5 Å². The Balaban J connectivity index is 2.35. The minimum absolute atomic E-state index is 0.251. The third-order valence-corrected chi connectivity index (χ3v) is 3.95. The second kappa shape index (κ2) is 5.09. The second-order valence-electron chi connectivity index (χ2n) is 5.38. The number of benzene rings is 1. The molecule has 0 fully saturated rings. The molecule has 0 spiro atoms. The van der Waals surface area contributed by atoms with Crippen LogP contribution in [0.5, 0.6) is 5.75 Å². The lowest BCUT2D eigenvalue weighted by Gasteiger charge is -2.32. The maximum absolute atomic E-state index is 6.36. The van der Waals surface area contributed by atoms with Gasteiger partial charge in [-0.3, -0.25) is 0 Å². The van der Waals surface area contributed by atoms with Gasteiger partial charge in [-0.25, -0.2) is 0 Å². The fraction of sp³-hybridized carbons (Fsp3) is 0.600. The Hall–Kier alpha value is -1.02. The summed E-state index contributed by atoms with van der Waals surface area (Å²) in [5.41, 5.74) is 9.23. The molecule has 0 radical (unpaired) electrons. The Morgan fingerprint density at radius 2 is 2.12 bits per heavy atom. The smallest absolute Gasteiger partial charge is 0.119 e. The highest BCUT2D eigenvalue weighted by Gasteiger charge is 2.27. The van der Waals surface area contributed by atoms with E-state index in [-0.39, 0.29) is 6.04 Å². The van der Waals surface area contributed by atoms with Gasteiger partial charge in [0, 0.05) is 6.04 Å². The van der Waals surface area contributed by atoms with E-state index in [0.29, 0.717) is 11.8 Å². The number of hydrogen-bond acceptors (Lipinski definition) is 2. The minimum atomic E-state index is 0.251. The number of methoxy groups -OCH3 is 1. The van der Waals surface area contributed by atoms with Crippen LogP contribution in [0.15, 0.2) is 18.2 Å². The zero-order valence-electron chi connectivity index (χ0n) is 11.1. The molecule has 2 atom stereocenters. The quantitative estimate of drug-likeness (QED) is 0.870. The monoisotopic (exact) mass is 233 g/mol. The Morgan fingerprint density at radius 3 is 2.76 bits per heavy atom. The summed E-state index contributed by atoms with van der Waals surface area (Å²) in [6.45, 7) is 4.41. The van der Waals surface area contributed by atoms with E-state index < -0.39 is 0 Å². The highest BCUT2D eigenvalue weighted by molar-refractivity contribution is 5.40. The summed E-state index contributed by atoms with van der Waals surface area (Å²) in [4.78, 5) is 0. The molecule has 2 N–H and O–H groups in total. The number of ether oxygens (including phenoxy) is 1. The summed E-state index contributed by atoms with van der Waals surface area (Å²) in [5.74, 6) is 1.97. The van der Waals surface area contributed by atoms with Gasteiger partial charge in [-0.15, -0.1) is 0 Å². The lowest BCUT2D eigenvalue weighted by atomic mass is 9.76. The molecule has 0 bridgehead atoms. The number of hydrogen-bond donors (Lipinski definition) is 1. The van der Waals surface area contributed by atoms with Crippen LogP contribution in [-0.4, -0.2) is 13.2 Å². The van der Waals surface area contributed by atoms with Crippen LogP contribution < -0.4 is 10.5 Å². The van der Waals surface area contributed by atoms with Crippen LogP contribution in [0.2, 0.25) is 0 Å². The van der Waals surface area contributed by atoms with Crippen molar-refractivity contribution in [2.45, 2.75) is 45.1 Å². The normalized spacial score (nSPS) is 21.1. The SMILES string of the molecule is COc1ccc2c(c1)C(C(N)C(C)C)CCC2. The van der Waals surface area contributed by atoms with Crippen molar-refractivity contribution in [2.75, 3.05) is 7.11 Å². The first kappa shape index (κ1) is 12.4. The predicted octanol–water partition coefficient (Wildman–Crippen LogP) is 3.10. The lowest BCUT2D eigenvalue weighted by Crippen LogP contribution is -2.35. The Labute approximate surface area is 104 Å². The van der Waals surface area contributed by atoms with Gasteiger partial charge in [0.15, 0.2) is 0 Å². The average molecular weight is 233 g/mol. The molecule has 0 saturated heterocycles. The molecule has 2 nitrogen and oxygen atoms in total. The Kier molecular flexibility index (Phi) is 3.72. The molecule has 2 rings (SSSR count). The van der Waals surface area contributed by atoms with Gasteiger partial charge in [-0.05, 0) is 54.4 Å². The summed E-state index contributed by atoms with van der Waals surface area (Å²) >= 11 is 0. The van der Waals surface area contributed by atoms with Crippen molar-refractivity contribution in [3.8, 4) is 5.75 Å². The molecule has 0 aliphatic heterocycles. The highest BCUT2D eigenvalue weighted by Crippen LogP contribution is 2.37. The predicted molar refractivity (Wildman–Crippen MR) is 71.5 cm³/mol. The summed E-state index contributed by atoms with van der Waals surface area (Å²) < 4.78 is 5.33. The molecule has 2 unspecified atom stereocenters. The molecule has 1 aromatic rings. The first-order valence-corrected chi connectivity index (χ1v) is 6.56. The van der Waals surface area contributed by atoms with Gasteiger partial charge in [-0.2, -0.15) is 0 Å². The standard InChI is InChI=1S/C15H23NO/c1-10(2)15(16)13-6-4-5-11-7-8-12(17-3)9-14(11)13/h7-10,13,15H,4-6,16H2,1-3H3. The molecule has 0 aromatic heterocycles. The van der Waals surface area contributed by atoms with Crippen molar-refractivity contribution in [2.24, 2.45) is 11.7 Å². The second-order valence-corrected chi connectivity index (χ2v) is 5.38. The van der Waals surface area contributed by atoms with Crippen LogP contribution in [0.3, 0.4) is 0 Å². The molecule has 0 amide bonds. The number of rotatable bonds is 3. The van der Waals surface area contributed by atoms with Gasteiger partial charge in [0.1, 0.15) is 5.75 Å². The van der Waals surface area contributed by atoms with Crippen LogP contribution in [0.1, 0.15) is 43.7 Å². The molecular weight excluding hydrogens is 210 g/mol. The van der Waals surface area contributed by atoms with E-state index in [0.717, 1.165) is 5.75 Å². The van der Waals surface area contributed by atoms with Crippen molar-refractivity contribution < 1.29 is 4.74 Å². The molecule has 1 aromatic carbocycles. The summed E-state index contributed by atoms with van der Waals surface area (Å²) in [6, 6.07) is 6.69. The molecule has 0 heterocycles. The van der Waals surface area contributed by atoms with Gasteiger partial charge in [0.2, 0.25) is 0 Å². The van der Waals surface area contributed by atoms with E-state index in [9.17, 15) is 0 Å². The lowest BCUT2D eigenvalue weighted by molar-refractivity contribution is 0.375. The number of nitrogens with two attached hydrogens (primary N) is 1. The molecule has 94 valence electrons. The zero-order valence-corrected chi connectivity index (χ0v) is 11.1. The summed E-state index contributed by atoms with van der Waals surface area (Å²) in [6.07, 6.45) is 3.64. The van der Waals surface area contributed by atoms with Gasteiger partial charge >= 0.3 is 0 Å². The van der Waals surface area contributed by atoms with Crippen LogP contribution in [-0.2, 0) is 6.42 Å². The molecule has 1 aliphatic rings. The Morgan fingerprint density at radius 1 is 1.35 bits per heavy atom. The topological polar surface area (TPSA) is 35.2 Å². The van der Waals surface area contributed by atoms with Gasteiger partial charge in [0.25, 0.3) is 0 Å². The summed E-state index contributed by atoms with van der Waals surface area (Å²) in [7, 11) is 1.72. The number of fused-ring (bicyclic) bond motifs is 1. The van der Waals surface area contributed by atoms with Crippen molar-refractivity contribution in [1.82, 2.24) is 0 Å². The van der Waals surface area contributed by atoms with E-state index in [1.54, 1.807) is 7.11 Å². The average Bonchev–Trinajstić information content (AvgIpc) is 2.36. The van der Waals surface area contributed by atoms with Crippen LogP contribution in [0.25, 0.3) is 0 Å². The van der Waals surface area contributed by atoms with E-state index in [4.69, 9.17) is 10.5 Å². The third-order valence-electron chi connectivity index (χ3n) is 3.95. The van der Waals surface area contributed by atoms with E-state index in [2.05, 4.69) is 32.0 Å². The van der Waals surface area contributed by atoms with Crippen molar-refractivity contribution in [3.63, 3.8) is 0 Å². The maximum atomic E-state index is 6.36. The highest BCUT2D eigenvalue weighted by atomic mass is 16.5. The van der Waals surface area contributed by atoms with E-state index in [1.165, 1.54) is 30.4 Å². The van der Waals surface area contributed by atoms with Gasteiger partial charge in [0.05, 0.1) is 7.11 Å². The van der Waals surface area contributed by atoms with Crippen molar-refractivity contribution >= 4 is 0 Å². The molecular formula is C15H23NO. The fourth-order valence-electron chi connectivity index (χ4n) is 2.81. The largest absolute Gasteiger partial charge is 0.497 e. The molecule has 0 saturated carbocycles. The third kappa shape index (κ3) is 2.47. The zero-order chi connectivity index (χ0) is 12.4. The Bertz CT molecular complexity index is 387. The van der Waals surface area contributed by atoms with Crippen LogP contribution in [0, 0.1) is 5.92 Å². The van der Waals surface area contributed by atoms with Crippen LogP contribution in [0.4, 0.5) is 0 Å². The minimum Gasteiger partial charge on any atom is -0.497 e. The molecule has 2 heteroatoms. The van der Waals surface area contributed by atoms with Crippen molar-refractivity contribution in [1.29, 1.82) is 0 Å². The first-order chi connectivity index (χ1) is 8.13. The first-order valence-electron chi connectivity index (χ1n) is 6.56. The number of aryl methyl sites for hydroxylation is 1. The maximum Gasteiger partial charge on any atom is 0.119 e. The van der Waals surface area contributed by atoms with Gasteiger partial charge in [-0.1, -0.05) is 19.9 Å². The summed E-state index contributed by atoms with van der Waals surface area (Å²) in [5, 5.41) is 0. The van der Waals surface area contributed by atoms with Crippen LogP contribution >= 0.6 is 0 Å². The molecule has 1 aliphatic carbocycles.